The molecule has 7 nitrogen and oxygen atoms in total. The van der Waals surface area contributed by atoms with Crippen molar-refractivity contribution in [3.8, 4) is 0 Å². The van der Waals surface area contributed by atoms with Crippen LogP contribution in [0.15, 0.2) is 17.4 Å². The van der Waals surface area contributed by atoms with Gasteiger partial charge in [0, 0.05) is 65.1 Å². The number of aromatic nitrogens is 2. The van der Waals surface area contributed by atoms with Crippen LogP contribution in [0.5, 0.6) is 0 Å². The lowest BCUT2D eigenvalue weighted by molar-refractivity contribution is 0.163. The summed E-state index contributed by atoms with van der Waals surface area (Å²) in [5.74, 6) is 1.73. The maximum atomic E-state index is 4.50. The Balaban J connectivity index is 1.89. The van der Waals surface area contributed by atoms with Gasteiger partial charge >= 0.3 is 0 Å². The minimum atomic E-state index is 0.271. The Morgan fingerprint density at radius 2 is 1.96 bits per heavy atom. The molecule has 1 saturated heterocycles. The molecule has 2 rings (SSSR count). The van der Waals surface area contributed by atoms with Gasteiger partial charge in [-0.05, 0) is 20.0 Å². The number of rotatable bonds is 6. The van der Waals surface area contributed by atoms with E-state index in [0.717, 1.165) is 44.6 Å². The zero-order valence-corrected chi connectivity index (χ0v) is 16.7. The average molecular weight is 350 g/mol. The van der Waals surface area contributed by atoms with Gasteiger partial charge in [-0.2, -0.15) is 5.10 Å². The van der Waals surface area contributed by atoms with E-state index in [0.29, 0.717) is 0 Å². The van der Waals surface area contributed by atoms with Crippen LogP contribution in [0.1, 0.15) is 25.5 Å². The van der Waals surface area contributed by atoms with Crippen LogP contribution in [0.25, 0.3) is 0 Å². The quantitative estimate of drug-likeness (QED) is 0.610. The fraction of sp³-hybridized carbons (Fsp3) is 0.778. The summed E-state index contributed by atoms with van der Waals surface area (Å²) in [6.45, 7) is 10.9. The smallest absolute Gasteiger partial charge is 0.193 e. The molecule has 0 bridgehead atoms. The van der Waals surface area contributed by atoms with Gasteiger partial charge in [-0.25, -0.2) is 0 Å². The lowest BCUT2D eigenvalue weighted by Gasteiger charge is -2.37. The van der Waals surface area contributed by atoms with Crippen molar-refractivity contribution >= 4 is 5.96 Å². The predicted octanol–water partition coefficient (Wildman–Crippen LogP) is 0.872. The first-order valence-corrected chi connectivity index (χ1v) is 9.23. The van der Waals surface area contributed by atoms with Gasteiger partial charge in [0.05, 0.1) is 12.2 Å². The Morgan fingerprint density at radius 3 is 2.44 bits per heavy atom. The summed E-state index contributed by atoms with van der Waals surface area (Å²) in [5.41, 5.74) is 1.22. The molecule has 0 aromatic carbocycles. The summed E-state index contributed by atoms with van der Waals surface area (Å²) in [6.07, 6.45) is 4.03. The molecule has 0 radical (unpaired) electrons. The van der Waals surface area contributed by atoms with Gasteiger partial charge in [0.15, 0.2) is 5.96 Å². The number of piperazine rings is 1. The largest absolute Gasteiger partial charge is 0.354 e. The Morgan fingerprint density at radius 1 is 1.28 bits per heavy atom. The van der Waals surface area contributed by atoms with Crippen molar-refractivity contribution in [2.24, 2.45) is 18.0 Å². The van der Waals surface area contributed by atoms with E-state index in [4.69, 9.17) is 0 Å². The van der Waals surface area contributed by atoms with E-state index in [2.05, 4.69) is 64.2 Å². The standard InChI is InChI=1S/C18H35N7/c1-15(2)13-24-7-9-25(10-8-24)18(19-3)20-12-17(22(4)5)16-11-21-23(6)14-16/h11,14-15,17H,7-10,12-13H2,1-6H3,(H,19,20). The SMILES string of the molecule is CN=C(NCC(c1cnn(C)c1)N(C)C)N1CCN(CC(C)C)CC1. The third kappa shape index (κ3) is 5.71. The molecule has 1 aromatic heterocycles. The van der Waals surface area contributed by atoms with E-state index in [9.17, 15) is 0 Å². The first kappa shape index (κ1) is 19.7. The molecule has 1 aromatic rings. The number of hydrogen-bond acceptors (Lipinski definition) is 4. The van der Waals surface area contributed by atoms with Crippen LogP contribution >= 0.6 is 0 Å². The first-order chi connectivity index (χ1) is 11.9. The molecule has 1 atom stereocenters. The summed E-state index contributed by atoms with van der Waals surface area (Å²) >= 11 is 0. The van der Waals surface area contributed by atoms with Gasteiger partial charge in [-0.15, -0.1) is 0 Å². The fourth-order valence-electron chi connectivity index (χ4n) is 3.39. The number of guanidine groups is 1. The van der Waals surface area contributed by atoms with E-state index in [-0.39, 0.29) is 6.04 Å². The highest BCUT2D eigenvalue weighted by molar-refractivity contribution is 5.80. The Labute approximate surface area is 152 Å². The van der Waals surface area contributed by atoms with Gasteiger partial charge in [0.2, 0.25) is 0 Å². The Bertz CT molecular complexity index is 541. The van der Waals surface area contributed by atoms with Gasteiger partial charge in [0.25, 0.3) is 0 Å². The molecule has 0 aliphatic carbocycles. The summed E-state index contributed by atoms with van der Waals surface area (Å²) in [4.78, 5) is 11.6. The highest BCUT2D eigenvalue weighted by Gasteiger charge is 2.22. The maximum Gasteiger partial charge on any atom is 0.193 e. The molecular weight excluding hydrogens is 314 g/mol. The molecule has 0 saturated carbocycles. The number of likely N-dealkylation sites (N-methyl/N-ethyl adjacent to an activating group) is 1. The number of nitrogens with one attached hydrogen (secondary N) is 1. The van der Waals surface area contributed by atoms with Crippen molar-refractivity contribution in [1.82, 2.24) is 29.8 Å². The number of hydrogen-bond donors (Lipinski definition) is 1. The van der Waals surface area contributed by atoms with Gasteiger partial charge < -0.3 is 15.1 Å². The van der Waals surface area contributed by atoms with Crippen LogP contribution in [0, 0.1) is 5.92 Å². The highest BCUT2D eigenvalue weighted by Crippen LogP contribution is 2.16. The Hall–Kier alpha value is -1.60. The van der Waals surface area contributed by atoms with E-state index in [1.165, 1.54) is 12.1 Å². The van der Waals surface area contributed by atoms with Crippen LogP contribution in [0.2, 0.25) is 0 Å². The van der Waals surface area contributed by atoms with Gasteiger partial charge in [0.1, 0.15) is 0 Å². The predicted molar refractivity (Wildman–Crippen MR) is 104 cm³/mol. The number of aryl methyl sites for hydroxylation is 1. The van der Waals surface area contributed by atoms with E-state index in [1.54, 1.807) is 0 Å². The molecule has 7 heteroatoms. The lowest BCUT2D eigenvalue weighted by atomic mass is 10.1. The molecule has 1 aliphatic heterocycles. The summed E-state index contributed by atoms with van der Waals surface area (Å²) in [5, 5.41) is 7.87. The summed E-state index contributed by atoms with van der Waals surface area (Å²) in [7, 11) is 8.04. The van der Waals surface area contributed by atoms with Crippen molar-refractivity contribution in [3.05, 3.63) is 18.0 Å². The lowest BCUT2D eigenvalue weighted by Crippen LogP contribution is -2.53. The zero-order chi connectivity index (χ0) is 18.4. The topological polar surface area (TPSA) is 51.9 Å². The highest BCUT2D eigenvalue weighted by atomic mass is 15.3. The minimum Gasteiger partial charge on any atom is -0.354 e. The van der Waals surface area contributed by atoms with Gasteiger partial charge in [-0.1, -0.05) is 13.8 Å². The second-order valence-electron chi connectivity index (χ2n) is 7.54. The normalized spacial score (nSPS) is 18.2. The molecule has 25 heavy (non-hydrogen) atoms. The van der Waals surface area contributed by atoms with Crippen LogP contribution < -0.4 is 5.32 Å². The van der Waals surface area contributed by atoms with Crippen molar-refractivity contribution in [2.45, 2.75) is 19.9 Å². The minimum absolute atomic E-state index is 0.271. The van der Waals surface area contributed by atoms with Crippen molar-refractivity contribution in [2.75, 3.05) is 60.4 Å². The number of aliphatic imine (C=N–C) groups is 1. The zero-order valence-electron chi connectivity index (χ0n) is 16.7. The van der Waals surface area contributed by atoms with Crippen molar-refractivity contribution in [3.63, 3.8) is 0 Å². The van der Waals surface area contributed by atoms with Crippen LogP contribution in [-0.4, -0.2) is 90.9 Å². The Kier molecular flexibility index (Phi) is 7.25. The second-order valence-corrected chi connectivity index (χ2v) is 7.54. The third-order valence-corrected chi connectivity index (χ3v) is 4.69. The van der Waals surface area contributed by atoms with Crippen molar-refractivity contribution < 1.29 is 0 Å². The maximum absolute atomic E-state index is 4.50. The van der Waals surface area contributed by atoms with E-state index in [1.807, 2.05) is 25.0 Å². The number of nitrogens with zero attached hydrogens (tertiary/aromatic N) is 6. The molecule has 142 valence electrons. The molecule has 1 fully saturated rings. The first-order valence-electron chi connectivity index (χ1n) is 9.23. The van der Waals surface area contributed by atoms with E-state index >= 15 is 0 Å². The molecule has 1 unspecified atom stereocenters. The fourth-order valence-corrected chi connectivity index (χ4v) is 3.39. The molecule has 0 spiro atoms. The summed E-state index contributed by atoms with van der Waals surface area (Å²) < 4.78 is 1.86. The molecule has 1 aliphatic rings. The summed E-state index contributed by atoms with van der Waals surface area (Å²) in [6, 6.07) is 0.271. The van der Waals surface area contributed by atoms with Crippen LogP contribution in [-0.2, 0) is 7.05 Å². The molecule has 2 heterocycles. The molecular formula is C18H35N7. The van der Waals surface area contributed by atoms with Gasteiger partial charge in [-0.3, -0.25) is 14.6 Å². The average Bonchev–Trinajstić information content (AvgIpc) is 2.98. The van der Waals surface area contributed by atoms with Crippen LogP contribution in [0.3, 0.4) is 0 Å². The molecule has 1 N–H and O–H groups in total. The third-order valence-electron chi connectivity index (χ3n) is 4.69. The van der Waals surface area contributed by atoms with Crippen LogP contribution in [0.4, 0.5) is 0 Å². The van der Waals surface area contributed by atoms with E-state index < -0.39 is 0 Å². The monoisotopic (exact) mass is 349 g/mol. The van der Waals surface area contributed by atoms with Crippen molar-refractivity contribution in [1.29, 1.82) is 0 Å². The second kappa shape index (κ2) is 9.20. The molecule has 0 amide bonds.